The third-order valence-electron chi connectivity index (χ3n) is 0.455. The Bertz CT molecular complexity index is 42.8. The lowest BCUT2D eigenvalue weighted by Crippen LogP contribution is -1.91. The highest BCUT2D eigenvalue weighted by atomic mass is 32.2. The Morgan fingerprint density at radius 1 is 2.00 bits per heavy atom. The van der Waals surface area contributed by atoms with Gasteiger partial charge in [0, 0.05) is 5.25 Å². The zero-order chi connectivity index (χ0) is 4.99. The predicted molar refractivity (Wildman–Crippen MR) is 36.3 cm³/mol. The number of thioether (sulfide) groups is 1. The summed E-state index contributed by atoms with van der Waals surface area (Å²) in [7, 11) is 0. The maximum absolute atomic E-state index is 4.57. The Kier molecular flexibility index (Phi) is 3.89. The van der Waals surface area contributed by atoms with Gasteiger partial charge in [-0.05, 0) is 18.5 Å². The zero-order valence-corrected chi connectivity index (χ0v) is 5.31. The number of hydrogen-bond donors (Lipinski definition) is 0. The SMILES string of the molecule is [CH2]C(C=S)SC. The van der Waals surface area contributed by atoms with Crippen LogP contribution in [0.1, 0.15) is 0 Å². The van der Waals surface area contributed by atoms with Gasteiger partial charge in [0.1, 0.15) is 0 Å². The summed E-state index contributed by atoms with van der Waals surface area (Å²) in [5.74, 6) is 0. The van der Waals surface area contributed by atoms with Crippen molar-refractivity contribution >= 4 is 29.3 Å². The highest BCUT2D eigenvalue weighted by Crippen LogP contribution is 1.99. The molecule has 0 aliphatic rings. The average molecular weight is 119 g/mol. The predicted octanol–water partition coefficient (Wildman–Crippen LogP) is 1.55. The molecule has 0 aromatic carbocycles. The largest absolute Gasteiger partial charge is 0.157 e. The first-order valence-electron chi connectivity index (χ1n) is 1.62. The van der Waals surface area contributed by atoms with Crippen LogP contribution in [-0.4, -0.2) is 16.9 Å². The zero-order valence-electron chi connectivity index (χ0n) is 3.68. The molecule has 0 N–H and O–H groups in total. The summed E-state index contributed by atoms with van der Waals surface area (Å²) >= 11 is 6.22. The summed E-state index contributed by atoms with van der Waals surface area (Å²) in [6.07, 6.45) is 1.99. The topological polar surface area (TPSA) is 0 Å². The Morgan fingerprint density at radius 3 is 2.50 bits per heavy atom. The van der Waals surface area contributed by atoms with Crippen molar-refractivity contribution in [1.82, 2.24) is 0 Å². The third kappa shape index (κ3) is 2.67. The smallest absolute Gasteiger partial charge is 0.0328 e. The van der Waals surface area contributed by atoms with Crippen LogP contribution in [0, 0.1) is 6.92 Å². The van der Waals surface area contributed by atoms with Crippen LogP contribution >= 0.6 is 24.0 Å². The Morgan fingerprint density at radius 2 is 2.50 bits per heavy atom. The Hall–Kier alpha value is 0.440. The summed E-state index contributed by atoms with van der Waals surface area (Å²) in [5, 5.41) is 1.95. The fourth-order valence-corrected chi connectivity index (χ4v) is 0.500. The summed E-state index contributed by atoms with van der Waals surface area (Å²) in [5.41, 5.74) is 0. The van der Waals surface area contributed by atoms with Crippen LogP contribution in [0.5, 0.6) is 0 Å². The van der Waals surface area contributed by atoms with E-state index in [0.29, 0.717) is 5.25 Å². The van der Waals surface area contributed by atoms with E-state index in [2.05, 4.69) is 19.1 Å². The third-order valence-corrected chi connectivity index (χ3v) is 1.70. The van der Waals surface area contributed by atoms with Gasteiger partial charge in [0.2, 0.25) is 0 Å². The maximum atomic E-state index is 4.57. The van der Waals surface area contributed by atoms with E-state index >= 15 is 0 Å². The van der Waals surface area contributed by atoms with Crippen LogP contribution < -0.4 is 0 Å². The van der Waals surface area contributed by atoms with Gasteiger partial charge < -0.3 is 0 Å². The molecule has 1 atom stereocenters. The van der Waals surface area contributed by atoms with Gasteiger partial charge in [-0.15, -0.1) is 0 Å². The van der Waals surface area contributed by atoms with E-state index in [9.17, 15) is 0 Å². The molecule has 2 heteroatoms. The van der Waals surface area contributed by atoms with Crippen molar-refractivity contribution in [2.24, 2.45) is 0 Å². The maximum Gasteiger partial charge on any atom is 0.0328 e. The molecule has 1 radical (unpaired) electrons. The lowest BCUT2D eigenvalue weighted by atomic mass is 10.6. The van der Waals surface area contributed by atoms with Gasteiger partial charge in [-0.25, -0.2) is 0 Å². The van der Waals surface area contributed by atoms with Crippen molar-refractivity contribution in [3.63, 3.8) is 0 Å². The van der Waals surface area contributed by atoms with Gasteiger partial charge in [-0.2, -0.15) is 11.8 Å². The fourth-order valence-electron chi connectivity index (χ4n) is 0.0556. The van der Waals surface area contributed by atoms with Crippen molar-refractivity contribution in [3.05, 3.63) is 6.92 Å². The van der Waals surface area contributed by atoms with Crippen LogP contribution in [-0.2, 0) is 0 Å². The van der Waals surface area contributed by atoms with E-state index in [4.69, 9.17) is 0 Å². The van der Waals surface area contributed by atoms with Crippen LogP contribution in [0.3, 0.4) is 0 Å². The standard InChI is InChI=1S/C4H7S2/c1-4(3-5)6-2/h3-4H,1H2,2H3. The van der Waals surface area contributed by atoms with Crippen LogP contribution in [0.4, 0.5) is 0 Å². The molecule has 0 aliphatic heterocycles. The lowest BCUT2D eigenvalue weighted by Gasteiger charge is -1.92. The molecule has 0 fully saturated rings. The van der Waals surface area contributed by atoms with Crippen molar-refractivity contribution in [3.8, 4) is 0 Å². The first kappa shape index (κ1) is 6.44. The van der Waals surface area contributed by atoms with Gasteiger partial charge in [0.25, 0.3) is 0 Å². The molecule has 0 saturated carbocycles. The molecule has 0 aromatic heterocycles. The molecule has 0 bridgehead atoms. The van der Waals surface area contributed by atoms with E-state index in [-0.39, 0.29) is 0 Å². The molecule has 0 rings (SSSR count). The van der Waals surface area contributed by atoms with E-state index in [1.807, 2.05) is 6.26 Å². The second kappa shape index (κ2) is 3.62. The molecule has 0 nitrogen and oxygen atoms in total. The van der Waals surface area contributed by atoms with Crippen molar-refractivity contribution in [1.29, 1.82) is 0 Å². The highest BCUT2D eigenvalue weighted by molar-refractivity contribution is 8.00. The van der Waals surface area contributed by atoms with Crippen molar-refractivity contribution in [2.75, 3.05) is 6.26 Å². The second-order valence-electron chi connectivity index (χ2n) is 0.910. The normalized spacial score (nSPS) is 13.7. The summed E-state index contributed by atoms with van der Waals surface area (Å²) in [4.78, 5) is 0. The molecule has 0 saturated heterocycles. The minimum atomic E-state index is 0.292. The van der Waals surface area contributed by atoms with Gasteiger partial charge in [0.05, 0.1) is 0 Å². The number of thiocarbonyl (C=S) groups is 1. The molecule has 0 aliphatic carbocycles. The van der Waals surface area contributed by atoms with E-state index in [1.54, 1.807) is 17.1 Å². The Balaban J connectivity index is 2.96. The van der Waals surface area contributed by atoms with Gasteiger partial charge in [0.15, 0.2) is 0 Å². The van der Waals surface area contributed by atoms with Gasteiger partial charge in [-0.3, -0.25) is 0 Å². The Labute approximate surface area is 48.3 Å². The lowest BCUT2D eigenvalue weighted by molar-refractivity contribution is 1.62. The molecule has 1 unspecified atom stereocenters. The monoisotopic (exact) mass is 119 g/mol. The molecule has 0 spiro atoms. The molecule has 6 heavy (non-hydrogen) atoms. The molecular weight excluding hydrogens is 112 g/mol. The minimum Gasteiger partial charge on any atom is -0.157 e. The molecule has 0 aromatic rings. The fraction of sp³-hybridized carbons (Fsp3) is 0.500. The number of rotatable bonds is 2. The van der Waals surface area contributed by atoms with Gasteiger partial charge >= 0.3 is 0 Å². The van der Waals surface area contributed by atoms with E-state index in [1.165, 1.54) is 0 Å². The minimum absolute atomic E-state index is 0.292. The molecule has 0 heterocycles. The second-order valence-corrected chi connectivity index (χ2v) is 2.26. The van der Waals surface area contributed by atoms with E-state index < -0.39 is 0 Å². The summed E-state index contributed by atoms with van der Waals surface area (Å²) < 4.78 is 0. The first-order chi connectivity index (χ1) is 2.81. The quantitative estimate of drug-likeness (QED) is 0.506. The highest BCUT2D eigenvalue weighted by Gasteiger charge is 1.86. The first-order valence-corrected chi connectivity index (χ1v) is 3.38. The van der Waals surface area contributed by atoms with Crippen LogP contribution in [0.2, 0.25) is 0 Å². The van der Waals surface area contributed by atoms with Crippen molar-refractivity contribution < 1.29 is 0 Å². The molecule has 35 valence electrons. The van der Waals surface area contributed by atoms with Gasteiger partial charge in [-0.1, -0.05) is 12.2 Å². The molecule has 0 amide bonds. The molecular formula is C4H7S2. The van der Waals surface area contributed by atoms with E-state index in [0.717, 1.165) is 0 Å². The average Bonchev–Trinajstić information content (AvgIpc) is 1.65. The van der Waals surface area contributed by atoms with Crippen LogP contribution in [0.15, 0.2) is 0 Å². The summed E-state index contributed by atoms with van der Waals surface area (Å²) in [6.45, 7) is 3.68. The van der Waals surface area contributed by atoms with Crippen LogP contribution in [0.25, 0.3) is 0 Å². The summed E-state index contributed by atoms with van der Waals surface area (Å²) in [6, 6.07) is 0. The number of hydrogen-bond acceptors (Lipinski definition) is 2. The van der Waals surface area contributed by atoms with Crippen molar-refractivity contribution in [2.45, 2.75) is 5.25 Å².